The minimum absolute atomic E-state index is 0.0319. The van der Waals surface area contributed by atoms with Crippen molar-refractivity contribution in [3.8, 4) is 0 Å². The van der Waals surface area contributed by atoms with Crippen LogP contribution in [-0.4, -0.2) is 16.6 Å². The van der Waals surface area contributed by atoms with E-state index in [2.05, 4.69) is 20.9 Å². The van der Waals surface area contributed by atoms with Crippen LogP contribution in [0.4, 0.5) is 0 Å². The fraction of sp³-hybridized carbons (Fsp3) is 0.316. The van der Waals surface area contributed by atoms with Gasteiger partial charge in [-0.15, -0.1) is 0 Å². The molecule has 1 aromatic heterocycles. The lowest BCUT2D eigenvalue weighted by Crippen LogP contribution is -2.19. The van der Waals surface area contributed by atoms with E-state index in [-0.39, 0.29) is 17.5 Å². The van der Waals surface area contributed by atoms with Crippen LogP contribution < -0.4 is 0 Å². The maximum atomic E-state index is 12.8. The zero-order chi connectivity index (χ0) is 16.6. The van der Waals surface area contributed by atoms with E-state index in [9.17, 15) is 9.59 Å². The minimum Gasteiger partial charge on any atom is -0.298 e. The molecule has 0 bridgehead atoms. The third-order valence-electron chi connectivity index (χ3n) is 4.49. The van der Waals surface area contributed by atoms with Crippen LogP contribution in [0.1, 0.15) is 34.7 Å². The number of pyridine rings is 1. The van der Waals surface area contributed by atoms with E-state index in [4.69, 9.17) is 0 Å². The SMILES string of the molecule is Cc1cc(Br)cc(C)c1C1C(=O)CC(Cc2ccccn2)C1=O. The summed E-state index contributed by atoms with van der Waals surface area (Å²) in [5.41, 5.74) is 3.72. The number of Topliss-reactive ketones (excluding diaryl/α,β-unsaturated/α-hetero) is 2. The second-order valence-corrected chi connectivity index (χ2v) is 7.10. The van der Waals surface area contributed by atoms with Gasteiger partial charge in [-0.1, -0.05) is 22.0 Å². The predicted molar refractivity (Wildman–Crippen MR) is 92.4 cm³/mol. The molecule has 1 heterocycles. The van der Waals surface area contributed by atoms with Gasteiger partial charge in [0.05, 0.1) is 0 Å². The molecule has 0 aliphatic heterocycles. The Bertz CT molecular complexity index is 747. The number of hydrogen-bond donors (Lipinski definition) is 0. The van der Waals surface area contributed by atoms with Gasteiger partial charge < -0.3 is 0 Å². The number of hydrogen-bond acceptors (Lipinski definition) is 3. The molecule has 0 spiro atoms. The molecule has 118 valence electrons. The average molecular weight is 372 g/mol. The lowest BCUT2D eigenvalue weighted by Gasteiger charge is -2.16. The van der Waals surface area contributed by atoms with Crippen LogP contribution >= 0.6 is 15.9 Å². The van der Waals surface area contributed by atoms with Crippen molar-refractivity contribution >= 4 is 27.5 Å². The summed E-state index contributed by atoms with van der Waals surface area (Å²) in [5.74, 6) is -0.805. The van der Waals surface area contributed by atoms with Gasteiger partial charge in [-0.05, 0) is 61.2 Å². The Kier molecular flexibility index (Phi) is 4.44. The van der Waals surface area contributed by atoms with Gasteiger partial charge in [0.1, 0.15) is 11.7 Å². The van der Waals surface area contributed by atoms with Gasteiger partial charge in [0.15, 0.2) is 5.78 Å². The first-order chi connectivity index (χ1) is 11.0. The van der Waals surface area contributed by atoms with E-state index < -0.39 is 5.92 Å². The molecule has 0 N–H and O–H groups in total. The van der Waals surface area contributed by atoms with Crippen molar-refractivity contribution < 1.29 is 9.59 Å². The minimum atomic E-state index is -0.614. The molecule has 1 aliphatic rings. The topological polar surface area (TPSA) is 47.0 Å². The monoisotopic (exact) mass is 371 g/mol. The van der Waals surface area contributed by atoms with Gasteiger partial charge in [-0.2, -0.15) is 0 Å². The fourth-order valence-corrected chi connectivity index (χ4v) is 4.17. The summed E-state index contributed by atoms with van der Waals surface area (Å²) in [4.78, 5) is 29.6. The lowest BCUT2D eigenvalue weighted by molar-refractivity contribution is -0.124. The molecule has 4 heteroatoms. The van der Waals surface area contributed by atoms with Crippen molar-refractivity contribution in [2.75, 3.05) is 0 Å². The number of rotatable bonds is 3. The van der Waals surface area contributed by atoms with Gasteiger partial charge in [-0.25, -0.2) is 0 Å². The first-order valence-corrected chi connectivity index (χ1v) is 8.49. The van der Waals surface area contributed by atoms with Crippen LogP contribution in [0, 0.1) is 19.8 Å². The second-order valence-electron chi connectivity index (χ2n) is 6.18. The number of halogens is 1. The van der Waals surface area contributed by atoms with Gasteiger partial charge in [0.2, 0.25) is 0 Å². The van der Waals surface area contributed by atoms with Gasteiger partial charge in [0, 0.05) is 28.7 Å². The zero-order valence-electron chi connectivity index (χ0n) is 13.2. The van der Waals surface area contributed by atoms with Crippen molar-refractivity contribution in [2.45, 2.75) is 32.6 Å². The molecular weight excluding hydrogens is 354 g/mol. The van der Waals surface area contributed by atoms with E-state index in [1.807, 2.05) is 44.2 Å². The summed E-state index contributed by atoms with van der Waals surface area (Å²) in [6.07, 6.45) is 2.57. The Hall–Kier alpha value is -1.81. The summed E-state index contributed by atoms with van der Waals surface area (Å²) in [5, 5.41) is 0. The van der Waals surface area contributed by atoms with Crippen molar-refractivity contribution in [1.82, 2.24) is 4.98 Å². The van der Waals surface area contributed by atoms with E-state index >= 15 is 0 Å². The highest BCUT2D eigenvalue weighted by Crippen LogP contribution is 2.37. The molecule has 1 aromatic carbocycles. The molecule has 3 nitrogen and oxygen atoms in total. The highest BCUT2D eigenvalue weighted by molar-refractivity contribution is 9.10. The molecule has 1 fully saturated rings. The van der Waals surface area contributed by atoms with E-state index in [1.165, 1.54) is 0 Å². The standard InChI is InChI=1S/C19H18BrNO2/c1-11-7-14(20)8-12(2)17(11)18-16(22)10-13(19(18)23)9-15-5-3-4-6-21-15/h3-8,13,18H,9-10H2,1-2H3. The molecule has 2 unspecified atom stereocenters. The Morgan fingerprint density at radius 3 is 2.48 bits per heavy atom. The first-order valence-electron chi connectivity index (χ1n) is 7.70. The third kappa shape index (κ3) is 3.13. The molecule has 0 saturated heterocycles. The van der Waals surface area contributed by atoms with Gasteiger partial charge in [0.25, 0.3) is 0 Å². The molecule has 3 rings (SSSR count). The molecule has 2 aromatic rings. The zero-order valence-corrected chi connectivity index (χ0v) is 14.8. The molecule has 1 aliphatic carbocycles. The molecule has 0 radical (unpaired) electrons. The highest BCUT2D eigenvalue weighted by Gasteiger charge is 2.43. The molecule has 23 heavy (non-hydrogen) atoms. The maximum Gasteiger partial charge on any atom is 0.151 e. The van der Waals surface area contributed by atoms with Crippen LogP contribution in [-0.2, 0) is 16.0 Å². The second kappa shape index (κ2) is 6.36. The van der Waals surface area contributed by atoms with Crippen LogP contribution in [0.3, 0.4) is 0 Å². The van der Waals surface area contributed by atoms with Crippen LogP contribution in [0.5, 0.6) is 0 Å². The Labute approximate surface area is 144 Å². The van der Waals surface area contributed by atoms with Crippen molar-refractivity contribution in [2.24, 2.45) is 5.92 Å². The van der Waals surface area contributed by atoms with E-state index in [0.29, 0.717) is 12.8 Å². The summed E-state index contributed by atoms with van der Waals surface area (Å²) in [6, 6.07) is 9.59. The van der Waals surface area contributed by atoms with Crippen molar-refractivity contribution in [3.05, 3.63) is 63.4 Å². The Morgan fingerprint density at radius 2 is 1.87 bits per heavy atom. The van der Waals surface area contributed by atoms with Crippen LogP contribution in [0.15, 0.2) is 41.0 Å². The quantitative estimate of drug-likeness (QED) is 0.767. The predicted octanol–water partition coefficient (Wildman–Crippen LogP) is 3.95. The molecule has 1 saturated carbocycles. The summed E-state index contributed by atoms with van der Waals surface area (Å²) < 4.78 is 0.971. The van der Waals surface area contributed by atoms with Crippen LogP contribution in [0.25, 0.3) is 0 Å². The number of nitrogens with zero attached hydrogens (tertiary/aromatic N) is 1. The van der Waals surface area contributed by atoms with E-state index in [0.717, 1.165) is 26.9 Å². The first kappa shape index (κ1) is 16.1. The molecule has 2 atom stereocenters. The number of aryl methyl sites for hydroxylation is 2. The van der Waals surface area contributed by atoms with Crippen molar-refractivity contribution in [1.29, 1.82) is 0 Å². The molecule has 0 amide bonds. The smallest absolute Gasteiger partial charge is 0.151 e. The van der Waals surface area contributed by atoms with Crippen LogP contribution in [0.2, 0.25) is 0 Å². The highest BCUT2D eigenvalue weighted by atomic mass is 79.9. The maximum absolute atomic E-state index is 12.8. The fourth-order valence-electron chi connectivity index (χ4n) is 3.48. The normalized spacial score (nSPS) is 21.0. The Morgan fingerprint density at radius 1 is 1.17 bits per heavy atom. The molecular formula is C19H18BrNO2. The Balaban J connectivity index is 1.91. The number of benzene rings is 1. The lowest BCUT2D eigenvalue weighted by atomic mass is 9.87. The summed E-state index contributed by atoms with van der Waals surface area (Å²) in [7, 11) is 0. The number of aromatic nitrogens is 1. The summed E-state index contributed by atoms with van der Waals surface area (Å²) in [6.45, 7) is 3.92. The number of carbonyl (C=O) groups excluding carboxylic acids is 2. The summed E-state index contributed by atoms with van der Waals surface area (Å²) >= 11 is 3.46. The number of carbonyl (C=O) groups is 2. The van der Waals surface area contributed by atoms with Crippen molar-refractivity contribution in [3.63, 3.8) is 0 Å². The average Bonchev–Trinajstić information content (AvgIpc) is 2.75. The van der Waals surface area contributed by atoms with Gasteiger partial charge in [-0.3, -0.25) is 14.6 Å². The largest absolute Gasteiger partial charge is 0.298 e. The van der Waals surface area contributed by atoms with Gasteiger partial charge >= 0.3 is 0 Å². The van der Waals surface area contributed by atoms with E-state index in [1.54, 1.807) is 6.20 Å². The third-order valence-corrected chi connectivity index (χ3v) is 4.94. The number of ketones is 2.